The molecule has 1 aromatic carbocycles. The molecule has 0 radical (unpaired) electrons. The number of amides is 2. The summed E-state index contributed by atoms with van der Waals surface area (Å²) in [4.78, 5) is 24.8. The van der Waals surface area contributed by atoms with E-state index in [1.54, 1.807) is 0 Å². The summed E-state index contributed by atoms with van der Waals surface area (Å²) in [7, 11) is 0. The molecule has 120 valence electrons. The van der Waals surface area contributed by atoms with Gasteiger partial charge in [0.15, 0.2) is 0 Å². The van der Waals surface area contributed by atoms with E-state index < -0.39 is 29.7 Å². The van der Waals surface area contributed by atoms with E-state index in [1.165, 1.54) is 11.0 Å². The van der Waals surface area contributed by atoms with Gasteiger partial charge >= 0.3 is 6.18 Å². The van der Waals surface area contributed by atoms with E-state index in [0.717, 1.165) is 12.1 Å². The van der Waals surface area contributed by atoms with Gasteiger partial charge in [-0.15, -0.1) is 0 Å². The highest BCUT2D eigenvalue weighted by Gasteiger charge is 2.31. The summed E-state index contributed by atoms with van der Waals surface area (Å²) in [5, 5.41) is 2.25. The minimum absolute atomic E-state index is 0.0156. The first-order valence-electron chi connectivity index (χ1n) is 6.64. The van der Waals surface area contributed by atoms with Crippen molar-refractivity contribution in [2.75, 3.05) is 19.6 Å². The third kappa shape index (κ3) is 3.96. The lowest BCUT2D eigenvalue weighted by atomic mass is 10.1. The predicted octanol–water partition coefficient (Wildman–Crippen LogP) is 2.01. The van der Waals surface area contributed by atoms with Gasteiger partial charge in [-0.3, -0.25) is 9.59 Å². The number of halogens is 4. The van der Waals surface area contributed by atoms with Gasteiger partial charge in [0.2, 0.25) is 5.91 Å². The number of nitrogens with one attached hydrogen (secondary N) is 1. The first-order valence-corrected chi connectivity index (χ1v) is 6.64. The minimum Gasteiger partial charge on any atom is -0.343 e. The summed E-state index contributed by atoms with van der Waals surface area (Å²) in [5.41, 5.74) is -1.13. The Morgan fingerprint density at radius 1 is 1.32 bits per heavy atom. The molecular weight excluding hydrogens is 304 g/mol. The molecule has 2 rings (SSSR count). The van der Waals surface area contributed by atoms with Gasteiger partial charge in [-0.2, -0.15) is 13.2 Å². The lowest BCUT2D eigenvalue weighted by molar-refractivity contribution is -0.137. The molecule has 0 aromatic heterocycles. The molecule has 2 amide bonds. The van der Waals surface area contributed by atoms with Crippen LogP contribution in [0.25, 0.3) is 0 Å². The number of rotatable bonds is 3. The second-order valence-electron chi connectivity index (χ2n) is 4.99. The number of carbonyl (C=O) groups excluding carboxylic acids is 2. The van der Waals surface area contributed by atoms with Gasteiger partial charge in [0, 0.05) is 12.1 Å². The summed E-state index contributed by atoms with van der Waals surface area (Å²) >= 11 is 0. The summed E-state index contributed by atoms with van der Waals surface area (Å²) in [6, 6.07) is 3.91. The van der Waals surface area contributed by atoms with Crippen molar-refractivity contribution in [2.45, 2.75) is 18.8 Å². The summed E-state index contributed by atoms with van der Waals surface area (Å²) in [6.07, 6.45) is -5.35. The van der Waals surface area contributed by atoms with Crippen LogP contribution >= 0.6 is 0 Å². The molecule has 0 saturated carbocycles. The maximum atomic E-state index is 13.0. The van der Waals surface area contributed by atoms with Crippen LogP contribution in [0.15, 0.2) is 24.3 Å². The molecule has 1 aliphatic heterocycles. The molecule has 1 aliphatic rings. The van der Waals surface area contributed by atoms with Gasteiger partial charge in [0.25, 0.3) is 5.91 Å². The molecule has 1 atom stereocenters. The van der Waals surface area contributed by atoms with Crippen molar-refractivity contribution in [3.05, 3.63) is 35.4 Å². The molecule has 1 aromatic rings. The van der Waals surface area contributed by atoms with Gasteiger partial charge in [-0.05, 0) is 24.6 Å². The molecular formula is C14H14F4N2O2. The van der Waals surface area contributed by atoms with Crippen molar-refractivity contribution in [3.63, 3.8) is 0 Å². The first-order chi connectivity index (χ1) is 10.3. The average molecular weight is 318 g/mol. The second-order valence-corrected chi connectivity index (χ2v) is 4.99. The van der Waals surface area contributed by atoms with Crippen LogP contribution < -0.4 is 5.32 Å². The molecule has 1 fully saturated rings. The predicted molar refractivity (Wildman–Crippen MR) is 69.9 cm³/mol. The zero-order chi connectivity index (χ0) is 16.3. The zero-order valence-electron chi connectivity index (χ0n) is 11.5. The van der Waals surface area contributed by atoms with Crippen molar-refractivity contribution in [2.24, 2.45) is 0 Å². The molecule has 0 aliphatic carbocycles. The summed E-state index contributed by atoms with van der Waals surface area (Å²) in [5.74, 6) is -1.24. The van der Waals surface area contributed by atoms with Crippen molar-refractivity contribution in [3.8, 4) is 0 Å². The highest BCUT2D eigenvalue weighted by atomic mass is 19.4. The molecule has 1 N–H and O–H groups in total. The lowest BCUT2D eigenvalue weighted by Gasteiger charge is -2.15. The number of benzene rings is 1. The fraction of sp³-hybridized carbons (Fsp3) is 0.429. The van der Waals surface area contributed by atoms with Crippen molar-refractivity contribution in [1.29, 1.82) is 0 Å². The maximum absolute atomic E-state index is 13.0. The van der Waals surface area contributed by atoms with E-state index in [4.69, 9.17) is 0 Å². The van der Waals surface area contributed by atoms with Crippen molar-refractivity contribution in [1.82, 2.24) is 10.2 Å². The Morgan fingerprint density at radius 3 is 2.64 bits per heavy atom. The smallest absolute Gasteiger partial charge is 0.343 e. The maximum Gasteiger partial charge on any atom is 0.416 e. The molecule has 1 saturated heterocycles. The van der Waals surface area contributed by atoms with Gasteiger partial charge < -0.3 is 10.2 Å². The van der Waals surface area contributed by atoms with E-state index >= 15 is 0 Å². The Bertz CT molecular complexity index is 574. The topological polar surface area (TPSA) is 49.4 Å². The molecule has 1 heterocycles. The quantitative estimate of drug-likeness (QED) is 0.867. The van der Waals surface area contributed by atoms with Crippen LogP contribution in [0, 0.1) is 0 Å². The third-order valence-corrected chi connectivity index (χ3v) is 3.34. The Kier molecular flexibility index (Phi) is 4.68. The van der Waals surface area contributed by atoms with Crippen molar-refractivity contribution < 1.29 is 27.2 Å². The SMILES string of the molecule is O=C(NCC(=O)N1CCC(F)C1)c1cccc(C(F)(F)F)c1. The first kappa shape index (κ1) is 16.3. The standard InChI is InChI=1S/C14H14F4N2O2/c15-11-4-5-20(8-11)12(21)7-19-13(22)9-2-1-3-10(6-9)14(16,17)18/h1-3,6,11H,4-5,7-8H2,(H,19,22). The van der Waals surface area contributed by atoms with E-state index in [2.05, 4.69) is 5.32 Å². The number of alkyl halides is 4. The van der Waals surface area contributed by atoms with E-state index in [0.29, 0.717) is 6.07 Å². The van der Waals surface area contributed by atoms with Crippen LogP contribution in [0.1, 0.15) is 22.3 Å². The molecule has 0 spiro atoms. The highest BCUT2D eigenvalue weighted by molar-refractivity contribution is 5.96. The van der Waals surface area contributed by atoms with Crippen LogP contribution in [-0.4, -0.2) is 42.5 Å². The fourth-order valence-corrected chi connectivity index (χ4v) is 2.15. The molecule has 22 heavy (non-hydrogen) atoms. The highest BCUT2D eigenvalue weighted by Crippen LogP contribution is 2.29. The number of nitrogens with zero attached hydrogens (tertiary/aromatic N) is 1. The third-order valence-electron chi connectivity index (χ3n) is 3.34. The number of hydrogen-bond acceptors (Lipinski definition) is 2. The molecule has 8 heteroatoms. The molecule has 4 nitrogen and oxygen atoms in total. The van der Waals surface area contributed by atoms with Crippen molar-refractivity contribution >= 4 is 11.8 Å². The summed E-state index contributed by atoms with van der Waals surface area (Å²) in [6.45, 7) is -0.112. The van der Waals surface area contributed by atoms with E-state index in [9.17, 15) is 27.2 Å². The van der Waals surface area contributed by atoms with Crippen LogP contribution in [0.5, 0.6) is 0 Å². The second kappa shape index (κ2) is 6.33. The van der Waals surface area contributed by atoms with Gasteiger partial charge in [-0.25, -0.2) is 4.39 Å². The normalized spacial score (nSPS) is 18.4. The Hall–Kier alpha value is -2.12. The average Bonchev–Trinajstić information content (AvgIpc) is 2.90. The Morgan fingerprint density at radius 2 is 2.05 bits per heavy atom. The monoisotopic (exact) mass is 318 g/mol. The largest absolute Gasteiger partial charge is 0.416 e. The number of hydrogen-bond donors (Lipinski definition) is 1. The minimum atomic E-state index is -4.54. The fourth-order valence-electron chi connectivity index (χ4n) is 2.15. The Balaban J connectivity index is 1.94. The number of likely N-dealkylation sites (tertiary alicyclic amines) is 1. The van der Waals surface area contributed by atoms with Crippen LogP contribution in [0.2, 0.25) is 0 Å². The zero-order valence-corrected chi connectivity index (χ0v) is 11.5. The number of carbonyl (C=O) groups is 2. The van der Waals surface area contributed by atoms with Gasteiger partial charge in [-0.1, -0.05) is 6.07 Å². The lowest BCUT2D eigenvalue weighted by Crippen LogP contribution is -2.39. The van der Waals surface area contributed by atoms with Gasteiger partial charge in [0.1, 0.15) is 6.17 Å². The Labute approximate surface area is 124 Å². The van der Waals surface area contributed by atoms with Gasteiger partial charge in [0.05, 0.1) is 18.7 Å². The molecule has 0 bridgehead atoms. The van der Waals surface area contributed by atoms with E-state index in [1.807, 2.05) is 0 Å². The van der Waals surface area contributed by atoms with Crippen LogP contribution in [-0.2, 0) is 11.0 Å². The molecule has 1 unspecified atom stereocenters. The van der Waals surface area contributed by atoms with Crippen LogP contribution in [0.4, 0.5) is 17.6 Å². The summed E-state index contributed by atoms with van der Waals surface area (Å²) < 4.78 is 50.6. The van der Waals surface area contributed by atoms with Crippen LogP contribution in [0.3, 0.4) is 0 Å². The van der Waals surface area contributed by atoms with E-state index in [-0.39, 0.29) is 31.6 Å².